The van der Waals surface area contributed by atoms with Crippen molar-refractivity contribution in [2.75, 3.05) is 0 Å². The van der Waals surface area contributed by atoms with E-state index in [2.05, 4.69) is 24.9 Å². The normalized spacial score (nSPS) is 15.5. The summed E-state index contributed by atoms with van der Waals surface area (Å²) >= 11 is 2.41. The van der Waals surface area contributed by atoms with Crippen LogP contribution in [0.4, 0.5) is 17.6 Å². The van der Waals surface area contributed by atoms with E-state index < -0.39 is 41.8 Å². The molecule has 0 saturated carbocycles. The number of para-hydroxylation sites is 4. The SMILES string of the molecule is CC(=O)Oc1ccccc1C(=O)N1N=C(c2ccc(C)nc2)SC1c1ccccc1OC(F)F.Cc1ccc(C2=NN(C(=O)c3ccccc3O)C(c3ccccc3OC(F)F)S2)cn1. The van der Waals surface area contributed by atoms with Crippen LogP contribution < -0.4 is 14.2 Å². The summed E-state index contributed by atoms with van der Waals surface area (Å²) in [6.07, 6.45) is 3.26. The number of amides is 2. The molecule has 2 atom stereocenters. The maximum absolute atomic E-state index is 13.6. The number of carbonyl (C=O) groups is 3. The number of rotatable bonds is 11. The first kappa shape index (κ1) is 45.8. The van der Waals surface area contributed by atoms with Crippen LogP contribution in [0.5, 0.6) is 23.0 Å². The van der Waals surface area contributed by atoms with Gasteiger partial charge < -0.3 is 19.3 Å². The Morgan fingerprint density at radius 1 is 0.585 bits per heavy atom. The van der Waals surface area contributed by atoms with Crippen LogP contribution >= 0.6 is 23.5 Å². The van der Waals surface area contributed by atoms with Gasteiger partial charge in [0, 0.05) is 53.0 Å². The summed E-state index contributed by atoms with van der Waals surface area (Å²) in [5.74, 6) is -1.98. The van der Waals surface area contributed by atoms with E-state index >= 15 is 0 Å². The van der Waals surface area contributed by atoms with Gasteiger partial charge >= 0.3 is 19.2 Å². The lowest BCUT2D eigenvalue weighted by molar-refractivity contribution is -0.131. The number of thioether (sulfide) groups is 2. The number of carbonyl (C=O) groups excluding carboxylic acids is 3. The van der Waals surface area contributed by atoms with Gasteiger partial charge in [-0.2, -0.15) is 27.8 Å². The van der Waals surface area contributed by atoms with E-state index in [9.17, 15) is 37.1 Å². The zero-order chi connectivity index (χ0) is 46.2. The van der Waals surface area contributed by atoms with E-state index in [0.717, 1.165) is 11.4 Å². The van der Waals surface area contributed by atoms with Crippen LogP contribution in [-0.4, -0.2) is 66.2 Å². The number of halogens is 4. The third kappa shape index (κ3) is 10.9. The second kappa shape index (κ2) is 20.5. The Balaban J connectivity index is 0.000000195. The molecule has 65 heavy (non-hydrogen) atoms. The van der Waals surface area contributed by atoms with Gasteiger partial charge in [0.1, 0.15) is 43.8 Å². The van der Waals surface area contributed by atoms with Crippen LogP contribution in [0.1, 0.15) is 72.0 Å². The van der Waals surface area contributed by atoms with Gasteiger partial charge in [0.25, 0.3) is 11.8 Å². The number of esters is 1. The topological polar surface area (TPSA) is 156 Å². The van der Waals surface area contributed by atoms with Crippen molar-refractivity contribution >= 4 is 51.4 Å². The number of hydrogen-bond donors (Lipinski definition) is 1. The second-order valence-electron chi connectivity index (χ2n) is 13.9. The number of hydrogen-bond acceptors (Lipinski definition) is 13. The van der Waals surface area contributed by atoms with E-state index in [1.54, 1.807) is 73.1 Å². The predicted octanol–water partition coefficient (Wildman–Crippen LogP) is 10.1. The van der Waals surface area contributed by atoms with Crippen molar-refractivity contribution < 1.29 is 51.3 Å². The number of aromatic hydroxyl groups is 1. The van der Waals surface area contributed by atoms with E-state index in [0.29, 0.717) is 32.3 Å². The Bertz CT molecular complexity index is 2760. The maximum Gasteiger partial charge on any atom is 0.387 e. The van der Waals surface area contributed by atoms with Gasteiger partial charge in [-0.05, 0) is 74.5 Å². The van der Waals surface area contributed by atoms with E-state index in [4.69, 9.17) is 9.47 Å². The molecule has 4 aromatic carbocycles. The van der Waals surface area contributed by atoms with Gasteiger partial charge in [0.05, 0.1) is 11.1 Å². The molecule has 0 saturated heterocycles. The van der Waals surface area contributed by atoms with Crippen molar-refractivity contribution in [3.05, 3.63) is 178 Å². The molecule has 0 fully saturated rings. The Morgan fingerprint density at radius 2 is 1.00 bits per heavy atom. The summed E-state index contributed by atoms with van der Waals surface area (Å²) < 4.78 is 66.6. The monoisotopic (exact) mass is 924 g/mol. The van der Waals surface area contributed by atoms with Crippen molar-refractivity contribution in [1.82, 2.24) is 20.0 Å². The summed E-state index contributed by atoms with van der Waals surface area (Å²) in [6.45, 7) is -1.13. The zero-order valence-corrected chi connectivity index (χ0v) is 36.1. The van der Waals surface area contributed by atoms with Gasteiger partial charge in [-0.1, -0.05) is 84.2 Å². The molecular weight excluding hydrogens is 889 g/mol. The summed E-state index contributed by atoms with van der Waals surface area (Å²) in [4.78, 5) is 46.9. The van der Waals surface area contributed by atoms with Crippen molar-refractivity contribution in [2.45, 2.75) is 44.7 Å². The van der Waals surface area contributed by atoms with E-state index in [-0.39, 0.29) is 34.1 Å². The number of aryl methyl sites for hydroxylation is 2. The molecule has 332 valence electrons. The van der Waals surface area contributed by atoms with E-state index in [1.807, 2.05) is 38.1 Å². The molecule has 13 nitrogen and oxygen atoms in total. The fraction of sp³-hybridized carbons (Fsp3) is 0.152. The third-order valence-electron chi connectivity index (χ3n) is 9.33. The Morgan fingerprint density at radius 3 is 1.43 bits per heavy atom. The average Bonchev–Trinajstić information content (AvgIpc) is 3.93. The highest BCUT2D eigenvalue weighted by Gasteiger charge is 2.39. The van der Waals surface area contributed by atoms with Crippen molar-refractivity contribution in [2.24, 2.45) is 10.2 Å². The molecule has 0 spiro atoms. The predicted molar refractivity (Wildman–Crippen MR) is 236 cm³/mol. The number of nitrogens with zero attached hydrogens (tertiary/aromatic N) is 6. The van der Waals surface area contributed by atoms with Crippen molar-refractivity contribution in [3.63, 3.8) is 0 Å². The first-order valence-corrected chi connectivity index (χ1v) is 21.2. The van der Waals surface area contributed by atoms with E-state index in [1.165, 1.54) is 76.9 Å². The summed E-state index contributed by atoms with van der Waals surface area (Å²) in [5, 5.41) is 20.8. The number of pyridine rings is 2. The second-order valence-corrected chi connectivity index (χ2v) is 16.0. The number of ether oxygens (including phenoxy) is 3. The van der Waals surface area contributed by atoms with Crippen LogP contribution in [0.3, 0.4) is 0 Å². The number of aromatic nitrogens is 2. The van der Waals surface area contributed by atoms with Gasteiger partial charge in [0.2, 0.25) is 0 Å². The fourth-order valence-corrected chi connectivity index (χ4v) is 8.69. The van der Waals surface area contributed by atoms with Crippen molar-refractivity contribution in [3.8, 4) is 23.0 Å². The molecule has 19 heteroatoms. The Labute approximate surface area is 377 Å². The van der Waals surface area contributed by atoms with Crippen LogP contribution in [0.15, 0.2) is 144 Å². The number of alkyl halides is 4. The van der Waals surface area contributed by atoms with Crippen LogP contribution in [0.25, 0.3) is 0 Å². The number of hydrazone groups is 2. The molecule has 0 aliphatic carbocycles. The van der Waals surface area contributed by atoms with Crippen LogP contribution in [0.2, 0.25) is 0 Å². The molecule has 8 rings (SSSR count). The van der Waals surface area contributed by atoms with Crippen LogP contribution in [0, 0.1) is 13.8 Å². The number of phenols is 1. The lowest BCUT2D eigenvalue weighted by atomic mass is 10.1. The number of phenolic OH excluding ortho intramolecular Hbond substituents is 1. The number of benzene rings is 4. The molecular formula is C46H36F4N6O7S2. The summed E-state index contributed by atoms with van der Waals surface area (Å²) in [5.41, 5.74) is 3.82. The third-order valence-corrected chi connectivity index (χ3v) is 11.8. The summed E-state index contributed by atoms with van der Waals surface area (Å²) in [6, 6.07) is 32.1. The first-order valence-electron chi connectivity index (χ1n) is 19.4. The highest BCUT2D eigenvalue weighted by Crippen LogP contribution is 2.47. The molecule has 6 aromatic rings. The largest absolute Gasteiger partial charge is 0.507 e. The molecule has 2 aromatic heterocycles. The minimum absolute atomic E-state index is 0.0485. The van der Waals surface area contributed by atoms with Crippen LogP contribution in [-0.2, 0) is 4.79 Å². The summed E-state index contributed by atoms with van der Waals surface area (Å²) in [7, 11) is 0. The molecule has 0 bridgehead atoms. The minimum atomic E-state index is -3.04. The average molecular weight is 925 g/mol. The smallest absolute Gasteiger partial charge is 0.387 e. The minimum Gasteiger partial charge on any atom is -0.507 e. The van der Waals surface area contributed by atoms with Crippen molar-refractivity contribution in [1.29, 1.82) is 0 Å². The standard InChI is InChI=1S/C24H19F2N3O4S.C22H17F2N3O3S/c1-14-11-12-16(13-27-14)21-28-29(22(31)17-7-3-5-9-19(17)32-15(2)30)23(34-21)18-8-4-6-10-20(18)33-24(25)26;1-13-10-11-14(12-25-13)19-26-27(20(29)15-6-2-4-8-17(15)28)21(31-19)16-7-3-5-9-18(16)30-22(23)24/h3-13,23-24H,1-2H3;2-12,21-22,28H,1H3. The molecule has 2 amide bonds. The van der Waals surface area contributed by atoms with Gasteiger partial charge in [-0.15, -0.1) is 0 Å². The Hall–Kier alpha value is -7.25. The molecule has 2 unspecified atom stereocenters. The van der Waals surface area contributed by atoms with Gasteiger partial charge in [-0.25, -0.2) is 10.0 Å². The highest BCUT2D eigenvalue weighted by molar-refractivity contribution is 8.15. The van der Waals surface area contributed by atoms with Gasteiger partial charge in [0.15, 0.2) is 0 Å². The first-order chi connectivity index (χ1) is 31.3. The maximum atomic E-state index is 13.6. The molecule has 2 aliphatic heterocycles. The fourth-order valence-electron chi connectivity index (χ4n) is 6.36. The lowest BCUT2D eigenvalue weighted by Gasteiger charge is -2.23. The molecule has 0 radical (unpaired) electrons. The highest BCUT2D eigenvalue weighted by atomic mass is 32.2. The quantitative estimate of drug-likeness (QED) is 0.0750. The Kier molecular flexibility index (Phi) is 14.4. The lowest BCUT2D eigenvalue weighted by Crippen LogP contribution is -2.27. The van der Waals surface area contributed by atoms with Gasteiger partial charge in [-0.3, -0.25) is 24.4 Å². The molecule has 2 aliphatic rings. The molecule has 4 heterocycles. The zero-order valence-electron chi connectivity index (χ0n) is 34.4. The molecule has 1 N–H and O–H groups in total.